The van der Waals surface area contributed by atoms with Crippen LogP contribution in [0.25, 0.3) is 11.1 Å². The van der Waals surface area contributed by atoms with Crippen LogP contribution in [-0.2, 0) is 14.3 Å². The van der Waals surface area contributed by atoms with Gasteiger partial charge >= 0.3 is 5.97 Å². The maximum atomic E-state index is 12.5. The minimum Gasteiger partial charge on any atom is -0.465 e. The molecule has 1 heterocycles. The lowest BCUT2D eigenvalue weighted by Crippen LogP contribution is -2.61. The van der Waals surface area contributed by atoms with E-state index in [0.29, 0.717) is 11.3 Å². The van der Waals surface area contributed by atoms with Gasteiger partial charge in [-0.3, -0.25) is 4.79 Å². The van der Waals surface area contributed by atoms with Crippen molar-refractivity contribution in [2.75, 3.05) is 19.0 Å². The van der Waals surface area contributed by atoms with E-state index in [-0.39, 0.29) is 0 Å². The van der Waals surface area contributed by atoms with Crippen LogP contribution in [0.1, 0.15) is 10.4 Å². The number of anilines is 1. The topological polar surface area (TPSA) is 146 Å². The van der Waals surface area contributed by atoms with Crippen molar-refractivity contribution in [1.29, 1.82) is 0 Å². The molecule has 0 saturated carbocycles. The Morgan fingerprint density at radius 3 is 2.33 bits per heavy atom. The Hall–Kier alpha value is -2.82. The summed E-state index contributed by atoms with van der Waals surface area (Å²) in [5, 5.41) is 41.5. The summed E-state index contributed by atoms with van der Waals surface area (Å²) in [7, 11) is 1.31. The zero-order chi connectivity index (χ0) is 21.8. The molecule has 5 atom stereocenters. The number of hydrogen-bond donors (Lipinski definition) is 5. The molecule has 0 unspecified atom stereocenters. The molecular formula is C21H23NO8. The van der Waals surface area contributed by atoms with Crippen molar-refractivity contribution in [1.82, 2.24) is 0 Å². The number of aliphatic hydroxyl groups is 4. The van der Waals surface area contributed by atoms with Gasteiger partial charge in [0.1, 0.15) is 24.4 Å². The first-order valence-corrected chi connectivity index (χ1v) is 9.26. The van der Waals surface area contributed by atoms with E-state index in [1.54, 1.807) is 42.5 Å². The van der Waals surface area contributed by atoms with Crippen LogP contribution in [-0.4, -0.2) is 76.5 Å². The number of rotatable bonds is 5. The average Bonchev–Trinajstić information content (AvgIpc) is 2.77. The minimum absolute atomic E-state index is 0.407. The normalized spacial score (nSPS) is 26.1. The fraction of sp³-hybridized carbons (Fsp3) is 0.333. The lowest BCUT2D eigenvalue weighted by molar-refractivity contribution is -0.224. The largest absolute Gasteiger partial charge is 0.465 e. The summed E-state index contributed by atoms with van der Waals surface area (Å²) in [4.78, 5) is 24.2. The van der Waals surface area contributed by atoms with E-state index in [0.717, 1.165) is 11.1 Å². The van der Waals surface area contributed by atoms with Crippen LogP contribution in [0.3, 0.4) is 0 Å². The van der Waals surface area contributed by atoms with E-state index in [9.17, 15) is 30.0 Å². The molecule has 3 rings (SSSR count). The fourth-order valence-electron chi connectivity index (χ4n) is 3.22. The number of hydrogen-bond acceptors (Lipinski definition) is 8. The van der Waals surface area contributed by atoms with Crippen LogP contribution in [0, 0.1) is 0 Å². The number of carbonyl (C=O) groups excluding carboxylic acids is 2. The number of aliphatic hydroxyl groups excluding tert-OH is 4. The van der Waals surface area contributed by atoms with Gasteiger partial charge in [-0.25, -0.2) is 4.79 Å². The summed E-state index contributed by atoms with van der Waals surface area (Å²) in [6, 6.07) is 13.6. The number of carbonyl (C=O) groups is 2. The first-order chi connectivity index (χ1) is 14.3. The molecule has 1 amide bonds. The SMILES string of the molecule is COC(=O)c1cccc(-c2ccc(NC(=O)[C@H]3O[C@H](CO)[C@@H](O)[C@H](O)[C@@H]3O)cc2)c1. The van der Waals surface area contributed by atoms with Crippen molar-refractivity contribution in [3.8, 4) is 11.1 Å². The average molecular weight is 417 g/mol. The van der Waals surface area contributed by atoms with Gasteiger partial charge in [0.25, 0.3) is 5.91 Å². The Bertz CT molecular complexity index is 898. The lowest BCUT2D eigenvalue weighted by Gasteiger charge is -2.39. The molecule has 160 valence electrons. The van der Waals surface area contributed by atoms with Crippen molar-refractivity contribution in [3.05, 3.63) is 54.1 Å². The second kappa shape index (κ2) is 9.33. The standard InChI is InChI=1S/C21H23NO8/c1-29-21(28)13-4-2-3-12(9-13)11-5-7-14(8-6-11)22-20(27)19-18(26)17(25)16(24)15(10-23)30-19/h2-9,15-19,23-26H,10H2,1H3,(H,22,27)/t15-,16-,17+,18+,19+/m1/s1. The van der Waals surface area contributed by atoms with Gasteiger partial charge in [0, 0.05) is 5.69 Å². The van der Waals surface area contributed by atoms with Gasteiger partial charge in [0.2, 0.25) is 0 Å². The monoisotopic (exact) mass is 417 g/mol. The molecule has 5 N–H and O–H groups in total. The van der Waals surface area contributed by atoms with Gasteiger partial charge in [-0.1, -0.05) is 24.3 Å². The molecule has 0 aromatic heterocycles. The zero-order valence-electron chi connectivity index (χ0n) is 16.1. The van der Waals surface area contributed by atoms with Gasteiger partial charge in [-0.05, 0) is 35.4 Å². The van der Waals surface area contributed by atoms with Gasteiger partial charge in [-0.15, -0.1) is 0 Å². The molecule has 1 saturated heterocycles. The molecule has 2 aromatic carbocycles. The highest BCUT2D eigenvalue weighted by atomic mass is 16.5. The highest BCUT2D eigenvalue weighted by molar-refractivity contribution is 5.95. The summed E-state index contributed by atoms with van der Waals surface area (Å²) in [6.07, 6.45) is -7.44. The first kappa shape index (κ1) is 21.9. The zero-order valence-corrected chi connectivity index (χ0v) is 16.1. The third kappa shape index (κ3) is 4.50. The number of nitrogens with one attached hydrogen (secondary N) is 1. The highest BCUT2D eigenvalue weighted by Crippen LogP contribution is 2.25. The number of methoxy groups -OCH3 is 1. The van der Waals surface area contributed by atoms with Crippen LogP contribution in [0.4, 0.5) is 5.69 Å². The van der Waals surface area contributed by atoms with Gasteiger partial charge in [0.15, 0.2) is 6.10 Å². The molecule has 0 aliphatic carbocycles. The summed E-state index contributed by atoms with van der Waals surface area (Å²) in [5.74, 6) is -1.17. The van der Waals surface area contributed by atoms with E-state index >= 15 is 0 Å². The lowest BCUT2D eigenvalue weighted by atomic mass is 9.94. The second-order valence-electron chi connectivity index (χ2n) is 6.89. The highest BCUT2D eigenvalue weighted by Gasteiger charge is 2.46. The summed E-state index contributed by atoms with van der Waals surface area (Å²) in [5.41, 5.74) is 2.40. The number of amides is 1. The van der Waals surface area contributed by atoms with Crippen LogP contribution in [0.15, 0.2) is 48.5 Å². The smallest absolute Gasteiger partial charge is 0.337 e. The van der Waals surface area contributed by atoms with E-state index < -0.39 is 49.0 Å². The number of benzene rings is 2. The Kier molecular flexibility index (Phi) is 6.80. The Labute approximate surface area is 172 Å². The van der Waals surface area contributed by atoms with E-state index in [2.05, 4.69) is 5.32 Å². The Morgan fingerprint density at radius 1 is 1.00 bits per heavy atom. The second-order valence-corrected chi connectivity index (χ2v) is 6.89. The maximum absolute atomic E-state index is 12.5. The van der Waals surface area contributed by atoms with E-state index in [1.165, 1.54) is 7.11 Å². The predicted molar refractivity (Wildman–Crippen MR) is 106 cm³/mol. The molecule has 1 aliphatic heterocycles. The summed E-state index contributed by atoms with van der Waals surface area (Å²) >= 11 is 0. The van der Waals surface area contributed by atoms with Gasteiger partial charge in [0.05, 0.1) is 19.3 Å². The maximum Gasteiger partial charge on any atom is 0.337 e. The third-order valence-corrected chi connectivity index (χ3v) is 4.92. The molecule has 9 nitrogen and oxygen atoms in total. The van der Waals surface area contributed by atoms with Gasteiger partial charge < -0.3 is 35.2 Å². The molecule has 1 aliphatic rings. The van der Waals surface area contributed by atoms with Crippen molar-refractivity contribution >= 4 is 17.6 Å². The molecule has 30 heavy (non-hydrogen) atoms. The fourth-order valence-corrected chi connectivity index (χ4v) is 3.22. The Morgan fingerprint density at radius 2 is 1.70 bits per heavy atom. The van der Waals surface area contributed by atoms with Crippen LogP contribution >= 0.6 is 0 Å². The molecule has 0 bridgehead atoms. The van der Waals surface area contributed by atoms with Crippen LogP contribution in [0.5, 0.6) is 0 Å². The molecule has 1 fully saturated rings. The predicted octanol–water partition coefficient (Wildman–Crippen LogP) is -0.0789. The summed E-state index contributed by atoms with van der Waals surface area (Å²) < 4.78 is 9.96. The van der Waals surface area contributed by atoms with Gasteiger partial charge in [-0.2, -0.15) is 0 Å². The number of esters is 1. The Balaban J connectivity index is 1.71. The van der Waals surface area contributed by atoms with Crippen molar-refractivity contribution in [2.24, 2.45) is 0 Å². The van der Waals surface area contributed by atoms with Crippen molar-refractivity contribution in [2.45, 2.75) is 30.5 Å². The number of ether oxygens (including phenoxy) is 2. The van der Waals surface area contributed by atoms with Crippen molar-refractivity contribution < 1.29 is 39.5 Å². The molecule has 0 radical (unpaired) electrons. The molecular weight excluding hydrogens is 394 g/mol. The molecule has 9 heteroatoms. The molecule has 0 spiro atoms. The van der Waals surface area contributed by atoms with Crippen LogP contribution < -0.4 is 5.32 Å². The minimum atomic E-state index is -1.65. The van der Waals surface area contributed by atoms with Crippen molar-refractivity contribution in [3.63, 3.8) is 0 Å². The quantitative estimate of drug-likeness (QED) is 0.425. The molecule has 2 aromatic rings. The van der Waals surface area contributed by atoms with E-state index in [4.69, 9.17) is 9.47 Å². The third-order valence-electron chi connectivity index (χ3n) is 4.92. The first-order valence-electron chi connectivity index (χ1n) is 9.26. The summed E-state index contributed by atoms with van der Waals surface area (Å²) in [6.45, 7) is -0.617. The van der Waals surface area contributed by atoms with Crippen LogP contribution in [0.2, 0.25) is 0 Å². The van der Waals surface area contributed by atoms with E-state index in [1.807, 2.05) is 6.07 Å².